The van der Waals surface area contributed by atoms with E-state index >= 15 is 0 Å². The number of nitrogens with one attached hydrogen (secondary N) is 1. The van der Waals surface area contributed by atoms with Crippen molar-refractivity contribution in [2.24, 2.45) is 0 Å². The number of hydrogen-bond acceptors (Lipinski definition) is 4. The average molecular weight is 250 g/mol. The zero-order valence-corrected chi connectivity index (χ0v) is 10.7. The summed E-state index contributed by atoms with van der Waals surface area (Å²) in [5.41, 5.74) is 0.482. The van der Waals surface area contributed by atoms with Crippen LogP contribution in [0.2, 0.25) is 0 Å². The van der Waals surface area contributed by atoms with E-state index in [-0.39, 0.29) is 5.91 Å². The Bertz CT molecular complexity index is 392. The number of amides is 1. The summed E-state index contributed by atoms with van der Waals surface area (Å²) in [5, 5.41) is 2.68. The molecule has 0 spiro atoms. The summed E-state index contributed by atoms with van der Waals surface area (Å²) in [5.74, 6) is -0.699. The van der Waals surface area contributed by atoms with Crippen molar-refractivity contribution >= 4 is 11.9 Å². The Morgan fingerprint density at radius 1 is 1.39 bits per heavy atom. The van der Waals surface area contributed by atoms with E-state index in [1.54, 1.807) is 12.1 Å². The summed E-state index contributed by atoms with van der Waals surface area (Å²) in [4.78, 5) is 27.3. The predicted molar refractivity (Wildman–Crippen MR) is 67.0 cm³/mol. The van der Waals surface area contributed by atoms with E-state index in [2.05, 4.69) is 15.0 Å². The molecule has 5 heteroatoms. The lowest BCUT2D eigenvalue weighted by atomic mass is 10.1. The minimum atomic E-state index is -0.587. The highest BCUT2D eigenvalue weighted by Crippen LogP contribution is 2.04. The quantitative estimate of drug-likeness (QED) is 0.778. The number of carbonyl (C=O) groups excluding carboxylic acids is 2. The first-order valence-corrected chi connectivity index (χ1v) is 5.97. The van der Waals surface area contributed by atoms with Gasteiger partial charge < -0.3 is 10.1 Å². The van der Waals surface area contributed by atoms with Crippen LogP contribution in [-0.4, -0.2) is 30.0 Å². The van der Waals surface area contributed by atoms with Gasteiger partial charge in [0, 0.05) is 18.0 Å². The fraction of sp³-hybridized carbons (Fsp3) is 0.462. The zero-order valence-electron chi connectivity index (χ0n) is 10.7. The second kappa shape index (κ2) is 7.42. The van der Waals surface area contributed by atoms with Crippen molar-refractivity contribution in [1.29, 1.82) is 0 Å². The van der Waals surface area contributed by atoms with Crippen molar-refractivity contribution in [3.8, 4) is 0 Å². The smallest absolute Gasteiger partial charge is 0.328 e. The lowest BCUT2D eigenvalue weighted by Gasteiger charge is -2.16. The summed E-state index contributed by atoms with van der Waals surface area (Å²) >= 11 is 0. The van der Waals surface area contributed by atoms with Crippen molar-refractivity contribution in [1.82, 2.24) is 10.3 Å². The first-order valence-electron chi connectivity index (χ1n) is 5.97. The van der Waals surface area contributed by atoms with Crippen molar-refractivity contribution in [2.75, 3.05) is 7.11 Å². The SMILES string of the molecule is CCCC[C@H](NC(=O)c1ccncc1)C(=O)OC. The van der Waals surface area contributed by atoms with Gasteiger partial charge in [-0.25, -0.2) is 4.79 Å². The molecule has 0 unspecified atom stereocenters. The molecule has 0 aliphatic heterocycles. The van der Waals surface area contributed by atoms with Gasteiger partial charge in [-0.05, 0) is 18.6 Å². The molecule has 1 aromatic rings. The molecule has 0 bridgehead atoms. The molecule has 0 saturated heterocycles. The van der Waals surface area contributed by atoms with Gasteiger partial charge in [0.05, 0.1) is 7.11 Å². The van der Waals surface area contributed by atoms with Crippen LogP contribution in [0.15, 0.2) is 24.5 Å². The van der Waals surface area contributed by atoms with E-state index < -0.39 is 12.0 Å². The fourth-order valence-electron chi connectivity index (χ4n) is 1.54. The number of nitrogens with zero attached hydrogens (tertiary/aromatic N) is 1. The van der Waals surface area contributed by atoms with Crippen LogP contribution in [0, 0.1) is 0 Å². The Kier molecular flexibility index (Phi) is 5.84. The van der Waals surface area contributed by atoms with Crippen LogP contribution in [0.1, 0.15) is 36.5 Å². The van der Waals surface area contributed by atoms with Crippen LogP contribution in [0.25, 0.3) is 0 Å². The third-order valence-corrected chi connectivity index (χ3v) is 2.58. The Morgan fingerprint density at radius 3 is 2.61 bits per heavy atom. The normalized spacial score (nSPS) is 11.7. The molecule has 0 saturated carbocycles. The van der Waals surface area contributed by atoms with E-state index in [9.17, 15) is 9.59 Å². The molecule has 1 heterocycles. The number of carbonyl (C=O) groups is 2. The van der Waals surface area contributed by atoms with Gasteiger partial charge in [-0.1, -0.05) is 19.8 Å². The number of rotatable bonds is 6. The van der Waals surface area contributed by atoms with Crippen LogP contribution >= 0.6 is 0 Å². The third-order valence-electron chi connectivity index (χ3n) is 2.58. The number of unbranched alkanes of at least 4 members (excludes halogenated alkanes) is 1. The van der Waals surface area contributed by atoms with E-state index in [0.717, 1.165) is 12.8 Å². The molecule has 0 aromatic carbocycles. The molecule has 1 amide bonds. The predicted octanol–water partition coefficient (Wildman–Crippen LogP) is 1.54. The lowest BCUT2D eigenvalue weighted by Crippen LogP contribution is -2.41. The van der Waals surface area contributed by atoms with Gasteiger partial charge in [0.25, 0.3) is 5.91 Å². The van der Waals surface area contributed by atoms with Gasteiger partial charge in [0.1, 0.15) is 6.04 Å². The maximum Gasteiger partial charge on any atom is 0.328 e. The summed E-state index contributed by atoms with van der Waals surface area (Å²) in [6.07, 6.45) is 5.47. The van der Waals surface area contributed by atoms with Crippen LogP contribution in [0.3, 0.4) is 0 Å². The first-order chi connectivity index (χ1) is 8.69. The molecule has 0 fully saturated rings. The molecule has 1 N–H and O–H groups in total. The number of methoxy groups -OCH3 is 1. The fourth-order valence-corrected chi connectivity index (χ4v) is 1.54. The van der Waals surface area contributed by atoms with Crippen LogP contribution in [-0.2, 0) is 9.53 Å². The van der Waals surface area contributed by atoms with Crippen LogP contribution < -0.4 is 5.32 Å². The molecular formula is C13H18N2O3. The van der Waals surface area contributed by atoms with E-state index in [0.29, 0.717) is 12.0 Å². The molecule has 1 aromatic heterocycles. The molecule has 1 rings (SSSR count). The summed E-state index contributed by atoms with van der Waals surface area (Å²) < 4.78 is 4.68. The lowest BCUT2D eigenvalue weighted by molar-refractivity contribution is -0.143. The van der Waals surface area contributed by atoms with Gasteiger partial charge in [-0.2, -0.15) is 0 Å². The molecular weight excluding hydrogens is 232 g/mol. The summed E-state index contributed by atoms with van der Waals surface area (Å²) in [7, 11) is 1.32. The van der Waals surface area contributed by atoms with Gasteiger partial charge >= 0.3 is 5.97 Å². The van der Waals surface area contributed by atoms with Crippen molar-refractivity contribution < 1.29 is 14.3 Å². The number of aromatic nitrogens is 1. The highest BCUT2D eigenvalue weighted by atomic mass is 16.5. The van der Waals surface area contributed by atoms with Gasteiger partial charge in [-0.15, -0.1) is 0 Å². The molecule has 18 heavy (non-hydrogen) atoms. The highest BCUT2D eigenvalue weighted by molar-refractivity contribution is 5.96. The molecule has 0 aliphatic carbocycles. The first kappa shape index (κ1) is 14.2. The second-order valence-corrected chi connectivity index (χ2v) is 3.93. The van der Waals surface area contributed by atoms with Crippen LogP contribution in [0.5, 0.6) is 0 Å². The minimum absolute atomic E-state index is 0.288. The molecule has 0 aliphatic rings. The topological polar surface area (TPSA) is 68.3 Å². The molecule has 5 nitrogen and oxygen atoms in total. The van der Waals surface area contributed by atoms with Crippen molar-refractivity contribution in [2.45, 2.75) is 32.2 Å². The monoisotopic (exact) mass is 250 g/mol. The summed E-state index contributed by atoms with van der Waals surface area (Å²) in [6.45, 7) is 2.03. The largest absolute Gasteiger partial charge is 0.467 e. The van der Waals surface area contributed by atoms with Crippen molar-refractivity contribution in [3.05, 3.63) is 30.1 Å². The summed E-state index contributed by atoms with van der Waals surface area (Å²) in [6, 6.07) is 2.61. The Labute approximate surface area is 107 Å². The van der Waals surface area contributed by atoms with E-state index in [1.807, 2.05) is 6.92 Å². The number of pyridine rings is 1. The van der Waals surface area contributed by atoms with Crippen molar-refractivity contribution in [3.63, 3.8) is 0 Å². The van der Waals surface area contributed by atoms with Gasteiger partial charge in [-0.3, -0.25) is 9.78 Å². The zero-order chi connectivity index (χ0) is 13.4. The maximum atomic E-state index is 11.9. The molecule has 0 radical (unpaired) electrons. The minimum Gasteiger partial charge on any atom is -0.467 e. The van der Waals surface area contributed by atoms with E-state index in [1.165, 1.54) is 19.5 Å². The van der Waals surface area contributed by atoms with Crippen LogP contribution in [0.4, 0.5) is 0 Å². The Balaban J connectivity index is 2.65. The number of ether oxygens (including phenoxy) is 1. The Morgan fingerprint density at radius 2 is 2.06 bits per heavy atom. The number of hydrogen-bond donors (Lipinski definition) is 1. The molecule has 1 atom stereocenters. The second-order valence-electron chi connectivity index (χ2n) is 3.93. The van der Waals surface area contributed by atoms with E-state index in [4.69, 9.17) is 0 Å². The third kappa shape index (κ3) is 4.16. The highest BCUT2D eigenvalue weighted by Gasteiger charge is 2.21. The van der Waals surface area contributed by atoms with Gasteiger partial charge in [0.15, 0.2) is 0 Å². The van der Waals surface area contributed by atoms with Gasteiger partial charge in [0.2, 0.25) is 0 Å². The average Bonchev–Trinajstić information content (AvgIpc) is 2.43. The molecule has 98 valence electrons. The Hall–Kier alpha value is -1.91. The number of esters is 1. The standard InChI is InChI=1S/C13H18N2O3/c1-3-4-5-11(13(17)18-2)15-12(16)10-6-8-14-9-7-10/h6-9,11H,3-5H2,1-2H3,(H,15,16)/t11-/m0/s1. The maximum absolute atomic E-state index is 11.9.